The van der Waals surface area contributed by atoms with Crippen molar-refractivity contribution in [1.29, 1.82) is 0 Å². The maximum absolute atomic E-state index is 13.5. The highest BCUT2D eigenvalue weighted by atomic mass is 19.1. The Morgan fingerprint density at radius 3 is 2.22 bits per heavy atom. The number of amides is 1. The summed E-state index contributed by atoms with van der Waals surface area (Å²) in [6.45, 7) is 0. The van der Waals surface area contributed by atoms with Crippen molar-refractivity contribution < 1.29 is 13.6 Å². The molecule has 0 saturated carbocycles. The van der Waals surface area contributed by atoms with Crippen LogP contribution in [-0.4, -0.2) is 15.9 Å². The van der Waals surface area contributed by atoms with Gasteiger partial charge in [-0.3, -0.25) is 4.79 Å². The van der Waals surface area contributed by atoms with Gasteiger partial charge in [0.2, 0.25) is 0 Å². The number of nitrogens with two attached hydrogens (primary N) is 1. The van der Waals surface area contributed by atoms with Crippen LogP contribution in [0.3, 0.4) is 0 Å². The van der Waals surface area contributed by atoms with E-state index in [1.54, 1.807) is 12.1 Å². The molecule has 1 aromatic heterocycles. The second-order valence-electron chi connectivity index (χ2n) is 4.84. The summed E-state index contributed by atoms with van der Waals surface area (Å²) in [4.78, 5) is 19.9. The number of hydrogen-bond donors (Lipinski definition) is 1. The highest BCUT2D eigenvalue weighted by Gasteiger charge is 2.16. The normalized spacial score (nSPS) is 10.5. The molecular formula is C17H11F2N3O. The molecule has 0 bridgehead atoms. The summed E-state index contributed by atoms with van der Waals surface area (Å²) in [5.74, 6) is -1.98. The van der Waals surface area contributed by atoms with Gasteiger partial charge in [-0.25, -0.2) is 18.7 Å². The molecule has 0 spiro atoms. The van der Waals surface area contributed by atoms with Gasteiger partial charge in [-0.05, 0) is 12.1 Å². The molecule has 0 radical (unpaired) electrons. The number of nitrogens with zero attached hydrogens (tertiary/aromatic N) is 2. The monoisotopic (exact) mass is 311 g/mol. The number of hydrogen-bond acceptors (Lipinski definition) is 3. The molecule has 0 fully saturated rings. The predicted octanol–water partition coefficient (Wildman–Crippen LogP) is 3.19. The Hall–Kier alpha value is -3.15. The molecule has 1 amide bonds. The molecule has 2 N–H and O–H groups in total. The van der Waals surface area contributed by atoms with Gasteiger partial charge in [-0.15, -0.1) is 0 Å². The second-order valence-corrected chi connectivity index (χ2v) is 4.84. The Balaban J connectivity index is 2.22. The second kappa shape index (κ2) is 5.92. The van der Waals surface area contributed by atoms with E-state index in [2.05, 4.69) is 9.97 Å². The fourth-order valence-corrected chi connectivity index (χ4v) is 2.20. The maximum atomic E-state index is 13.5. The van der Waals surface area contributed by atoms with E-state index in [0.29, 0.717) is 11.4 Å². The van der Waals surface area contributed by atoms with Gasteiger partial charge in [0.15, 0.2) is 5.82 Å². The summed E-state index contributed by atoms with van der Waals surface area (Å²) in [6.07, 6.45) is 1.26. The van der Waals surface area contributed by atoms with Crippen molar-refractivity contribution >= 4 is 5.91 Å². The average molecular weight is 311 g/mol. The topological polar surface area (TPSA) is 68.9 Å². The van der Waals surface area contributed by atoms with Crippen LogP contribution in [0.25, 0.3) is 22.6 Å². The van der Waals surface area contributed by atoms with Gasteiger partial charge in [0.05, 0.1) is 11.3 Å². The fraction of sp³-hybridized carbons (Fsp3) is 0. The number of rotatable bonds is 3. The lowest BCUT2D eigenvalue weighted by molar-refractivity contribution is 0.100. The van der Waals surface area contributed by atoms with Crippen LogP contribution in [0.2, 0.25) is 0 Å². The van der Waals surface area contributed by atoms with Gasteiger partial charge < -0.3 is 5.73 Å². The number of carbonyl (C=O) groups is 1. The van der Waals surface area contributed by atoms with Crippen molar-refractivity contribution in [1.82, 2.24) is 9.97 Å². The van der Waals surface area contributed by atoms with Crippen molar-refractivity contribution in [3.63, 3.8) is 0 Å². The van der Waals surface area contributed by atoms with E-state index in [4.69, 9.17) is 5.73 Å². The Morgan fingerprint density at radius 2 is 1.61 bits per heavy atom. The molecule has 0 unspecified atom stereocenters. The zero-order valence-corrected chi connectivity index (χ0v) is 11.8. The van der Waals surface area contributed by atoms with E-state index in [0.717, 1.165) is 18.2 Å². The third-order valence-electron chi connectivity index (χ3n) is 3.22. The third kappa shape index (κ3) is 3.06. The summed E-state index contributed by atoms with van der Waals surface area (Å²) in [5, 5.41) is 0. The van der Waals surface area contributed by atoms with Gasteiger partial charge in [-0.2, -0.15) is 0 Å². The first-order valence-electron chi connectivity index (χ1n) is 6.73. The van der Waals surface area contributed by atoms with Gasteiger partial charge in [0.25, 0.3) is 5.91 Å². The molecule has 0 aliphatic carbocycles. The maximum Gasteiger partial charge on any atom is 0.252 e. The van der Waals surface area contributed by atoms with E-state index >= 15 is 0 Å². The van der Waals surface area contributed by atoms with E-state index < -0.39 is 17.5 Å². The molecule has 6 heteroatoms. The first kappa shape index (κ1) is 14.8. The standard InChI is InChI=1S/C17H11F2N3O/c18-12-6-11(7-13(19)8-12)15-14(16(20)23)9-21-17(22-15)10-4-2-1-3-5-10/h1-9H,(H2,20,23). The molecule has 114 valence electrons. The van der Waals surface area contributed by atoms with Crippen LogP contribution in [-0.2, 0) is 0 Å². The predicted molar refractivity (Wildman–Crippen MR) is 81.3 cm³/mol. The molecule has 2 aromatic carbocycles. The lowest BCUT2D eigenvalue weighted by Gasteiger charge is -2.09. The van der Waals surface area contributed by atoms with E-state index in [1.807, 2.05) is 18.2 Å². The van der Waals surface area contributed by atoms with Crippen LogP contribution >= 0.6 is 0 Å². The van der Waals surface area contributed by atoms with Crippen LogP contribution in [0.5, 0.6) is 0 Å². The van der Waals surface area contributed by atoms with Crippen LogP contribution in [0.15, 0.2) is 54.7 Å². The molecule has 0 aliphatic rings. The van der Waals surface area contributed by atoms with Gasteiger partial charge >= 0.3 is 0 Å². The molecule has 0 saturated heterocycles. The SMILES string of the molecule is NC(=O)c1cnc(-c2ccccc2)nc1-c1cc(F)cc(F)c1. The van der Waals surface area contributed by atoms with Crippen molar-refractivity contribution in [2.45, 2.75) is 0 Å². The number of halogens is 2. The number of carbonyl (C=O) groups excluding carboxylic acids is 1. The summed E-state index contributed by atoms with van der Waals surface area (Å²) >= 11 is 0. The number of benzene rings is 2. The van der Waals surface area contributed by atoms with E-state index in [-0.39, 0.29) is 16.8 Å². The summed E-state index contributed by atoms with van der Waals surface area (Å²) in [7, 11) is 0. The van der Waals surface area contributed by atoms with Crippen molar-refractivity contribution in [2.24, 2.45) is 5.73 Å². The number of primary amides is 1. The minimum atomic E-state index is -0.774. The summed E-state index contributed by atoms with van der Waals surface area (Å²) in [6, 6.07) is 11.9. The molecule has 3 rings (SSSR count). The minimum Gasteiger partial charge on any atom is -0.365 e. The molecule has 4 nitrogen and oxygen atoms in total. The molecule has 3 aromatic rings. The third-order valence-corrected chi connectivity index (χ3v) is 3.22. The lowest BCUT2D eigenvalue weighted by Crippen LogP contribution is -2.14. The smallest absolute Gasteiger partial charge is 0.252 e. The van der Waals surface area contributed by atoms with E-state index in [9.17, 15) is 13.6 Å². The molecule has 0 aliphatic heterocycles. The van der Waals surface area contributed by atoms with Gasteiger partial charge in [0.1, 0.15) is 11.6 Å². The highest BCUT2D eigenvalue weighted by Crippen LogP contribution is 2.25. The molecule has 23 heavy (non-hydrogen) atoms. The Morgan fingerprint density at radius 1 is 0.957 bits per heavy atom. The van der Waals surface area contributed by atoms with Crippen LogP contribution in [0.1, 0.15) is 10.4 Å². The summed E-state index contributed by atoms with van der Waals surface area (Å²) in [5.41, 5.74) is 6.22. The summed E-state index contributed by atoms with van der Waals surface area (Å²) < 4.78 is 26.9. The quantitative estimate of drug-likeness (QED) is 0.807. The largest absolute Gasteiger partial charge is 0.365 e. The first-order chi connectivity index (χ1) is 11.0. The van der Waals surface area contributed by atoms with Crippen LogP contribution in [0, 0.1) is 11.6 Å². The Kier molecular flexibility index (Phi) is 3.80. The zero-order chi connectivity index (χ0) is 16.4. The molecule has 0 atom stereocenters. The minimum absolute atomic E-state index is 0.00492. The first-order valence-corrected chi connectivity index (χ1v) is 6.73. The zero-order valence-electron chi connectivity index (χ0n) is 11.8. The van der Waals surface area contributed by atoms with Gasteiger partial charge in [-0.1, -0.05) is 30.3 Å². The van der Waals surface area contributed by atoms with Crippen molar-refractivity contribution in [3.05, 3.63) is 71.9 Å². The fourth-order valence-electron chi connectivity index (χ4n) is 2.20. The Bertz CT molecular complexity index is 862. The van der Waals surface area contributed by atoms with Crippen LogP contribution < -0.4 is 5.73 Å². The number of aromatic nitrogens is 2. The lowest BCUT2D eigenvalue weighted by atomic mass is 10.1. The van der Waals surface area contributed by atoms with Gasteiger partial charge in [0, 0.05) is 23.4 Å². The van der Waals surface area contributed by atoms with Crippen molar-refractivity contribution in [2.75, 3.05) is 0 Å². The molecule has 1 heterocycles. The van der Waals surface area contributed by atoms with Crippen molar-refractivity contribution in [3.8, 4) is 22.6 Å². The Labute approximate surface area is 130 Å². The van der Waals surface area contributed by atoms with Crippen LogP contribution in [0.4, 0.5) is 8.78 Å². The highest BCUT2D eigenvalue weighted by molar-refractivity contribution is 5.98. The average Bonchev–Trinajstić information content (AvgIpc) is 2.54. The molecular weight excluding hydrogens is 300 g/mol. The van der Waals surface area contributed by atoms with E-state index in [1.165, 1.54) is 6.20 Å².